The van der Waals surface area contributed by atoms with E-state index in [9.17, 15) is 14.0 Å². The molecule has 1 N–H and O–H groups in total. The van der Waals surface area contributed by atoms with Crippen LogP contribution in [0.2, 0.25) is 0 Å². The van der Waals surface area contributed by atoms with Crippen LogP contribution in [0, 0.1) is 23.1 Å². The molecule has 0 unspecified atom stereocenters. The van der Waals surface area contributed by atoms with Crippen molar-refractivity contribution in [3.05, 3.63) is 35.0 Å². The van der Waals surface area contributed by atoms with E-state index in [1.807, 2.05) is 19.9 Å². The number of fused-ring (bicyclic) bond motifs is 1. The number of nitrogens with zero attached hydrogens (tertiary/aromatic N) is 1. The monoisotopic (exact) mass is 348 g/mol. The Balaban J connectivity index is 1.99. The summed E-state index contributed by atoms with van der Waals surface area (Å²) in [7, 11) is 0. The molecule has 0 saturated carbocycles. The number of ether oxygens (including phenoxy) is 1. The normalized spacial score (nSPS) is 13.3. The molecule has 1 amide bonds. The van der Waals surface area contributed by atoms with Gasteiger partial charge in [-0.05, 0) is 42.5 Å². The van der Waals surface area contributed by atoms with E-state index in [0.717, 1.165) is 16.0 Å². The van der Waals surface area contributed by atoms with Crippen molar-refractivity contribution in [3.8, 4) is 6.07 Å². The zero-order valence-electron chi connectivity index (χ0n) is 13.6. The maximum Gasteiger partial charge on any atom is 0.348 e. The van der Waals surface area contributed by atoms with Gasteiger partial charge in [0.25, 0.3) is 5.91 Å². The van der Waals surface area contributed by atoms with Crippen LogP contribution in [0.4, 0.5) is 4.39 Å². The average Bonchev–Trinajstić information content (AvgIpc) is 2.95. The highest BCUT2D eigenvalue weighted by molar-refractivity contribution is 7.20. The second-order valence-corrected chi connectivity index (χ2v) is 6.97. The second-order valence-electron chi connectivity index (χ2n) is 5.89. The van der Waals surface area contributed by atoms with Crippen molar-refractivity contribution in [2.75, 3.05) is 6.61 Å². The second kappa shape index (κ2) is 6.97. The van der Waals surface area contributed by atoms with E-state index >= 15 is 0 Å². The van der Waals surface area contributed by atoms with Gasteiger partial charge in [0.05, 0.1) is 6.07 Å². The Bertz CT molecular complexity index is 825. The molecule has 1 aromatic carbocycles. The number of hydrogen-bond donors (Lipinski definition) is 1. The molecule has 0 fully saturated rings. The van der Waals surface area contributed by atoms with Gasteiger partial charge >= 0.3 is 5.97 Å². The van der Waals surface area contributed by atoms with Crippen LogP contribution in [-0.4, -0.2) is 24.0 Å². The fourth-order valence-corrected chi connectivity index (χ4v) is 2.88. The molecule has 1 aromatic heterocycles. The van der Waals surface area contributed by atoms with Gasteiger partial charge in [-0.15, -0.1) is 11.3 Å². The first-order valence-electron chi connectivity index (χ1n) is 7.33. The SMILES string of the molecule is CC(C)[C@@](C)(C#N)NC(=O)COC(=O)c1cc2cc(F)ccc2s1. The highest BCUT2D eigenvalue weighted by Crippen LogP contribution is 2.26. The summed E-state index contributed by atoms with van der Waals surface area (Å²) < 4.78 is 18.9. The van der Waals surface area contributed by atoms with E-state index in [1.165, 1.54) is 18.2 Å². The van der Waals surface area contributed by atoms with Gasteiger partial charge in [0.1, 0.15) is 16.2 Å². The summed E-state index contributed by atoms with van der Waals surface area (Å²) >= 11 is 1.16. The number of carbonyl (C=O) groups is 2. The van der Waals surface area contributed by atoms with Crippen molar-refractivity contribution in [2.45, 2.75) is 26.3 Å². The van der Waals surface area contributed by atoms with Crippen molar-refractivity contribution < 1.29 is 18.7 Å². The molecule has 1 atom stereocenters. The zero-order valence-corrected chi connectivity index (χ0v) is 14.4. The molecule has 0 saturated heterocycles. The number of esters is 1. The van der Waals surface area contributed by atoms with Crippen LogP contribution in [-0.2, 0) is 9.53 Å². The van der Waals surface area contributed by atoms with Crippen molar-refractivity contribution >= 4 is 33.3 Å². The minimum absolute atomic E-state index is 0.0976. The molecular weight excluding hydrogens is 331 g/mol. The Hall–Kier alpha value is -2.46. The van der Waals surface area contributed by atoms with E-state index in [0.29, 0.717) is 5.39 Å². The van der Waals surface area contributed by atoms with Gasteiger partial charge in [0, 0.05) is 4.70 Å². The van der Waals surface area contributed by atoms with Crippen molar-refractivity contribution in [1.29, 1.82) is 5.26 Å². The van der Waals surface area contributed by atoms with Crippen molar-refractivity contribution in [1.82, 2.24) is 5.32 Å². The van der Waals surface area contributed by atoms with Gasteiger partial charge in [-0.1, -0.05) is 13.8 Å². The number of thiophene rings is 1. The standard InChI is InChI=1S/C17H17FN2O3S/c1-10(2)17(3,9-19)20-15(21)8-23-16(22)14-7-11-6-12(18)4-5-13(11)24-14/h4-7,10H,8H2,1-3H3,(H,20,21)/t17-/m1/s1. The molecule has 2 rings (SSSR count). The van der Waals surface area contributed by atoms with Gasteiger partial charge in [0.2, 0.25) is 0 Å². The number of halogens is 1. The Labute approximate surface area is 143 Å². The molecule has 126 valence electrons. The summed E-state index contributed by atoms with van der Waals surface area (Å²) in [6.45, 7) is 4.75. The summed E-state index contributed by atoms with van der Waals surface area (Å²) in [5.41, 5.74) is -1.03. The number of carbonyl (C=O) groups excluding carboxylic acids is 2. The Kier molecular flexibility index (Phi) is 5.20. The molecule has 5 nitrogen and oxygen atoms in total. The minimum Gasteiger partial charge on any atom is -0.451 e. The third-order valence-electron chi connectivity index (χ3n) is 3.80. The Morgan fingerprint density at radius 3 is 2.75 bits per heavy atom. The maximum absolute atomic E-state index is 13.2. The highest BCUT2D eigenvalue weighted by atomic mass is 32.1. The summed E-state index contributed by atoms with van der Waals surface area (Å²) in [5, 5.41) is 12.3. The molecule has 0 aliphatic carbocycles. The fraction of sp³-hybridized carbons (Fsp3) is 0.353. The van der Waals surface area contributed by atoms with Gasteiger partial charge in [-0.2, -0.15) is 5.26 Å². The third kappa shape index (κ3) is 3.89. The lowest BCUT2D eigenvalue weighted by Gasteiger charge is -2.27. The van der Waals surface area contributed by atoms with Crippen molar-refractivity contribution in [3.63, 3.8) is 0 Å². The summed E-state index contributed by atoms with van der Waals surface area (Å²) in [6, 6.07) is 7.80. The Morgan fingerprint density at radius 1 is 1.42 bits per heavy atom. The fourth-order valence-electron chi connectivity index (χ4n) is 1.94. The van der Waals surface area contributed by atoms with E-state index in [2.05, 4.69) is 5.32 Å². The Morgan fingerprint density at radius 2 is 2.12 bits per heavy atom. The van der Waals surface area contributed by atoms with Crippen molar-refractivity contribution in [2.24, 2.45) is 5.92 Å². The lowest BCUT2D eigenvalue weighted by molar-refractivity contribution is -0.125. The van der Waals surface area contributed by atoms with E-state index in [4.69, 9.17) is 10.00 Å². The molecule has 0 radical (unpaired) electrons. The smallest absolute Gasteiger partial charge is 0.348 e. The summed E-state index contributed by atoms with van der Waals surface area (Å²) in [5.74, 6) is -1.69. The van der Waals surface area contributed by atoms with Gasteiger partial charge in [0.15, 0.2) is 6.61 Å². The predicted octanol–water partition coefficient (Wildman–Crippen LogP) is 3.25. The molecule has 24 heavy (non-hydrogen) atoms. The molecule has 2 aromatic rings. The van der Waals surface area contributed by atoms with Crippen LogP contribution in [0.3, 0.4) is 0 Å². The molecule has 0 bridgehead atoms. The zero-order chi connectivity index (χ0) is 17.9. The van der Waals surface area contributed by atoms with Gasteiger partial charge < -0.3 is 10.1 Å². The lowest BCUT2D eigenvalue weighted by atomic mass is 9.90. The summed E-state index contributed by atoms with van der Waals surface area (Å²) in [4.78, 5) is 24.2. The van der Waals surface area contributed by atoms with Crippen LogP contribution < -0.4 is 5.32 Å². The van der Waals surface area contributed by atoms with Crippen LogP contribution in [0.25, 0.3) is 10.1 Å². The number of nitrogens with one attached hydrogen (secondary N) is 1. The number of hydrogen-bond acceptors (Lipinski definition) is 5. The lowest BCUT2D eigenvalue weighted by Crippen LogP contribution is -2.50. The van der Waals surface area contributed by atoms with Crippen LogP contribution in [0.5, 0.6) is 0 Å². The molecule has 0 aliphatic heterocycles. The van der Waals surface area contributed by atoms with E-state index in [1.54, 1.807) is 13.0 Å². The largest absolute Gasteiger partial charge is 0.451 e. The van der Waals surface area contributed by atoms with Gasteiger partial charge in [-0.25, -0.2) is 9.18 Å². The predicted molar refractivity (Wildman–Crippen MR) is 89.1 cm³/mol. The first-order valence-corrected chi connectivity index (χ1v) is 8.15. The molecule has 1 heterocycles. The van der Waals surface area contributed by atoms with Crippen LogP contribution in [0.1, 0.15) is 30.4 Å². The molecule has 0 spiro atoms. The molecule has 7 heteroatoms. The average molecular weight is 348 g/mol. The maximum atomic E-state index is 13.2. The first kappa shape index (κ1) is 17.9. The number of amides is 1. The van der Waals surface area contributed by atoms with E-state index < -0.39 is 24.0 Å². The van der Waals surface area contributed by atoms with Crippen LogP contribution >= 0.6 is 11.3 Å². The van der Waals surface area contributed by atoms with Gasteiger partial charge in [-0.3, -0.25) is 4.79 Å². The number of nitriles is 1. The number of benzene rings is 1. The molecule has 0 aliphatic rings. The van der Waals surface area contributed by atoms with Crippen LogP contribution in [0.15, 0.2) is 24.3 Å². The number of rotatable bonds is 5. The van der Waals surface area contributed by atoms with E-state index in [-0.39, 0.29) is 16.6 Å². The first-order chi connectivity index (χ1) is 11.2. The summed E-state index contributed by atoms with van der Waals surface area (Å²) in [6.07, 6.45) is 0. The quantitative estimate of drug-likeness (QED) is 0.841. The molecular formula is C17H17FN2O3S. The third-order valence-corrected chi connectivity index (χ3v) is 4.90. The minimum atomic E-state index is -1.03. The topological polar surface area (TPSA) is 79.2 Å². The highest BCUT2D eigenvalue weighted by Gasteiger charge is 2.30.